The van der Waals surface area contributed by atoms with Crippen LogP contribution in [0.3, 0.4) is 0 Å². The van der Waals surface area contributed by atoms with E-state index in [0.29, 0.717) is 6.42 Å². The van der Waals surface area contributed by atoms with Gasteiger partial charge in [-0.1, -0.05) is 161 Å². The summed E-state index contributed by atoms with van der Waals surface area (Å²) in [6, 6.07) is -0.852. The van der Waals surface area contributed by atoms with E-state index < -0.39 is 20.0 Å². The lowest BCUT2D eigenvalue weighted by Crippen LogP contribution is -2.45. The van der Waals surface area contributed by atoms with E-state index in [1.165, 1.54) is 116 Å². The summed E-state index contributed by atoms with van der Waals surface area (Å²) in [5, 5.41) is 13.6. The van der Waals surface area contributed by atoms with Crippen LogP contribution in [-0.2, 0) is 18.4 Å². The maximum absolute atomic E-state index is 12.6. The second-order valence-electron chi connectivity index (χ2n) is 12.4. The molecule has 3 unspecified atom stereocenters. The van der Waals surface area contributed by atoms with Crippen LogP contribution < -0.4 is 11.1 Å². The number of carbonyl (C=O) groups is 1. The first-order valence-corrected chi connectivity index (χ1v) is 19.8. The van der Waals surface area contributed by atoms with E-state index in [0.717, 1.165) is 38.5 Å². The standard InChI is InChI=1S/C35H71N2O6P/c1-3-5-7-9-11-13-15-17-18-20-22-24-26-28-34(38)33(32-43-44(40,41)42-31-30-36)37-35(39)29-27-25-23-21-19-16-14-12-10-8-6-4-2/h26,28,33-34,38H,3-25,27,29-32,36H2,1-2H3,(H,37,39)(H,40,41)/b28-26+. The highest BCUT2D eigenvalue weighted by Crippen LogP contribution is 2.43. The fraction of sp³-hybridized carbons (Fsp3) is 0.914. The number of phosphoric ester groups is 1. The Bertz CT molecular complexity index is 709. The lowest BCUT2D eigenvalue weighted by Gasteiger charge is -2.23. The van der Waals surface area contributed by atoms with E-state index in [-0.39, 0.29) is 25.7 Å². The SMILES string of the molecule is CCCCCCCCCCCCC/C=C/C(O)C(COP(=O)(O)OCCN)NC(=O)CCCCCCCCCCCCCC. The van der Waals surface area contributed by atoms with Gasteiger partial charge in [-0.25, -0.2) is 4.57 Å². The lowest BCUT2D eigenvalue weighted by molar-refractivity contribution is -0.123. The van der Waals surface area contributed by atoms with Gasteiger partial charge >= 0.3 is 7.82 Å². The summed E-state index contributed by atoms with van der Waals surface area (Å²) < 4.78 is 22.0. The molecule has 0 radical (unpaired) electrons. The highest BCUT2D eigenvalue weighted by Gasteiger charge is 2.26. The van der Waals surface area contributed by atoms with Gasteiger partial charge in [0.15, 0.2) is 0 Å². The van der Waals surface area contributed by atoms with Gasteiger partial charge in [-0.15, -0.1) is 0 Å². The van der Waals surface area contributed by atoms with Gasteiger partial charge in [0.25, 0.3) is 0 Å². The van der Waals surface area contributed by atoms with Gasteiger partial charge in [0.05, 0.1) is 25.4 Å². The first-order chi connectivity index (χ1) is 21.4. The first-order valence-electron chi connectivity index (χ1n) is 18.3. The molecule has 262 valence electrons. The van der Waals surface area contributed by atoms with Crippen LogP contribution in [0, 0.1) is 0 Å². The van der Waals surface area contributed by atoms with Gasteiger partial charge < -0.3 is 21.1 Å². The van der Waals surface area contributed by atoms with Crippen molar-refractivity contribution in [3.8, 4) is 0 Å². The smallest absolute Gasteiger partial charge is 0.387 e. The topological polar surface area (TPSA) is 131 Å². The molecular weight excluding hydrogens is 575 g/mol. The number of carbonyl (C=O) groups excluding carboxylic acids is 1. The summed E-state index contributed by atoms with van der Waals surface area (Å²) in [6.45, 7) is 4.11. The van der Waals surface area contributed by atoms with Gasteiger partial charge in [-0.2, -0.15) is 0 Å². The third-order valence-electron chi connectivity index (χ3n) is 8.11. The van der Waals surface area contributed by atoms with Crippen molar-refractivity contribution in [2.45, 2.75) is 187 Å². The number of hydrogen-bond donors (Lipinski definition) is 4. The number of phosphoric acid groups is 1. The zero-order valence-electron chi connectivity index (χ0n) is 28.7. The van der Waals surface area contributed by atoms with E-state index in [9.17, 15) is 19.4 Å². The van der Waals surface area contributed by atoms with Crippen molar-refractivity contribution in [3.63, 3.8) is 0 Å². The van der Waals surface area contributed by atoms with Crippen molar-refractivity contribution >= 4 is 13.7 Å². The molecule has 0 aromatic rings. The molecule has 0 aliphatic heterocycles. The summed E-state index contributed by atoms with van der Waals surface area (Å²) >= 11 is 0. The van der Waals surface area contributed by atoms with E-state index in [1.807, 2.05) is 6.08 Å². The predicted octanol–water partition coefficient (Wildman–Crippen LogP) is 9.27. The van der Waals surface area contributed by atoms with Crippen molar-refractivity contribution in [1.29, 1.82) is 0 Å². The van der Waals surface area contributed by atoms with Crippen LogP contribution in [0.5, 0.6) is 0 Å². The fourth-order valence-electron chi connectivity index (χ4n) is 5.31. The van der Waals surface area contributed by atoms with Crippen molar-refractivity contribution in [2.75, 3.05) is 19.8 Å². The van der Waals surface area contributed by atoms with Crippen molar-refractivity contribution < 1.29 is 28.4 Å². The van der Waals surface area contributed by atoms with Gasteiger partial charge in [0.1, 0.15) is 0 Å². The largest absolute Gasteiger partial charge is 0.472 e. The summed E-state index contributed by atoms with van der Waals surface area (Å²) in [7, 11) is -4.32. The zero-order valence-corrected chi connectivity index (χ0v) is 29.6. The highest BCUT2D eigenvalue weighted by atomic mass is 31.2. The van der Waals surface area contributed by atoms with E-state index in [4.69, 9.17) is 14.8 Å². The molecule has 0 saturated carbocycles. The number of unbranched alkanes of at least 4 members (excludes halogenated alkanes) is 22. The van der Waals surface area contributed by atoms with Crippen molar-refractivity contribution in [1.82, 2.24) is 5.32 Å². The molecule has 1 amide bonds. The van der Waals surface area contributed by atoms with Crippen LogP contribution in [-0.4, -0.2) is 47.8 Å². The fourth-order valence-corrected chi connectivity index (χ4v) is 6.07. The number of nitrogens with two attached hydrogens (primary N) is 1. The molecule has 0 saturated heterocycles. The van der Waals surface area contributed by atoms with E-state index >= 15 is 0 Å². The minimum atomic E-state index is -4.32. The number of amides is 1. The van der Waals surface area contributed by atoms with Gasteiger partial charge in [-0.3, -0.25) is 13.8 Å². The van der Waals surface area contributed by atoms with Crippen LogP contribution in [0.1, 0.15) is 174 Å². The maximum Gasteiger partial charge on any atom is 0.472 e. The highest BCUT2D eigenvalue weighted by molar-refractivity contribution is 7.47. The molecule has 0 aliphatic rings. The molecule has 0 aliphatic carbocycles. The Labute approximate surface area is 271 Å². The number of nitrogens with one attached hydrogen (secondary N) is 1. The van der Waals surface area contributed by atoms with Crippen LogP contribution in [0.2, 0.25) is 0 Å². The monoisotopic (exact) mass is 647 g/mol. The number of rotatable bonds is 34. The van der Waals surface area contributed by atoms with Gasteiger partial charge in [0.2, 0.25) is 5.91 Å². The maximum atomic E-state index is 12.6. The Kier molecular flexibility index (Phi) is 31.6. The average molecular weight is 647 g/mol. The van der Waals surface area contributed by atoms with E-state index in [2.05, 4.69) is 19.2 Å². The number of allylic oxidation sites excluding steroid dienone is 1. The molecule has 0 rings (SSSR count). The summed E-state index contributed by atoms with van der Waals surface area (Å²) in [6.07, 6.45) is 32.5. The molecular formula is C35H71N2O6P. The molecule has 0 heterocycles. The van der Waals surface area contributed by atoms with Crippen molar-refractivity contribution in [2.24, 2.45) is 5.73 Å². The van der Waals surface area contributed by atoms with E-state index in [1.54, 1.807) is 6.08 Å². The minimum absolute atomic E-state index is 0.0809. The van der Waals surface area contributed by atoms with Gasteiger partial charge in [0, 0.05) is 13.0 Å². The molecule has 9 heteroatoms. The molecule has 44 heavy (non-hydrogen) atoms. The van der Waals surface area contributed by atoms with Crippen LogP contribution in [0.4, 0.5) is 0 Å². The Hall–Kier alpha value is -0.760. The number of hydrogen-bond acceptors (Lipinski definition) is 6. The third-order valence-corrected chi connectivity index (χ3v) is 9.10. The Balaban J connectivity index is 4.34. The Morgan fingerprint density at radius 2 is 1.16 bits per heavy atom. The number of aliphatic hydroxyl groups is 1. The Morgan fingerprint density at radius 1 is 0.727 bits per heavy atom. The average Bonchev–Trinajstić information content (AvgIpc) is 3.01. The summed E-state index contributed by atoms with van der Waals surface area (Å²) in [4.78, 5) is 22.5. The Morgan fingerprint density at radius 3 is 1.61 bits per heavy atom. The minimum Gasteiger partial charge on any atom is -0.387 e. The normalized spacial score (nSPS) is 14.6. The molecule has 3 atom stereocenters. The quantitative estimate of drug-likeness (QED) is 0.0311. The van der Waals surface area contributed by atoms with Crippen LogP contribution in [0.25, 0.3) is 0 Å². The molecule has 0 aromatic carbocycles. The van der Waals surface area contributed by atoms with Gasteiger partial charge in [-0.05, 0) is 19.3 Å². The molecule has 0 bridgehead atoms. The van der Waals surface area contributed by atoms with Crippen LogP contribution >= 0.6 is 7.82 Å². The lowest BCUT2D eigenvalue weighted by atomic mass is 10.0. The molecule has 5 N–H and O–H groups in total. The predicted molar refractivity (Wildman–Crippen MR) is 185 cm³/mol. The summed E-state index contributed by atoms with van der Waals surface area (Å²) in [5.41, 5.74) is 5.35. The molecule has 8 nitrogen and oxygen atoms in total. The first kappa shape index (κ1) is 43.2. The second kappa shape index (κ2) is 32.2. The molecule has 0 spiro atoms. The second-order valence-corrected chi connectivity index (χ2v) is 13.9. The van der Waals surface area contributed by atoms with Crippen LogP contribution in [0.15, 0.2) is 12.2 Å². The summed E-state index contributed by atoms with van der Waals surface area (Å²) in [5.74, 6) is -0.195. The molecule has 0 aromatic heterocycles. The zero-order chi connectivity index (χ0) is 32.6. The number of aliphatic hydroxyl groups excluding tert-OH is 1. The van der Waals surface area contributed by atoms with Crippen molar-refractivity contribution in [3.05, 3.63) is 12.2 Å². The third kappa shape index (κ3) is 29.9. The molecule has 0 fully saturated rings.